The fourth-order valence-corrected chi connectivity index (χ4v) is 4.29. The number of hydrogen-bond acceptors (Lipinski definition) is 6. The predicted octanol–water partition coefficient (Wildman–Crippen LogP) is 6.21. The Balaban J connectivity index is 1.82. The van der Waals surface area contributed by atoms with Gasteiger partial charge in [0.05, 0.1) is 32.9 Å². The maximum absolute atomic E-state index is 12.8. The van der Waals surface area contributed by atoms with Crippen LogP contribution in [-0.2, 0) is 4.74 Å². The number of furan rings is 1. The number of methoxy groups -OCH3 is 1. The van der Waals surface area contributed by atoms with Crippen LogP contribution in [0, 0.1) is 6.92 Å². The Kier molecular flexibility index (Phi) is 5.51. The number of thiazole rings is 1. The van der Waals surface area contributed by atoms with E-state index in [1.54, 1.807) is 6.92 Å². The SMILES string of the molecule is COC(=O)c1c(C)oc(NC(=O)c2ccc(Cl)c(Cl)c2)c1-c1nc2ccccc2s1. The van der Waals surface area contributed by atoms with Crippen molar-refractivity contribution in [2.24, 2.45) is 0 Å². The van der Waals surface area contributed by atoms with Gasteiger partial charge in [0.2, 0.25) is 5.88 Å². The highest BCUT2D eigenvalue weighted by molar-refractivity contribution is 7.21. The number of carbonyl (C=O) groups is 2. The zero-order valence-corrected chi connectivity index (χ0v) is 18.1. The summed E-state index contributed by atoms with van der Waals surface area (Å²) in [5.41, 5.74) is 1.64. The van der Waals surface area contributed by atoms with E-state index in [9.17, 15) is 9.59 Å². The van der Waals surface area contributed by atoms with Crippen LogP contribution in [0.4, 0.5) is 5.88 Å². The number of rotatable bonds is 4. The Morgan fingerprint density at radius 1 is 1.13 bits per heavy atom. The molecule has 9 heteroatoms. The van der Waals surface area contributed by atoms with Crippen molar-refractivity contribution in [3.63, 3.8) is 0 Å². The first kappa shape index (κ1) is 20.4. The van der Waals surface area contributed by atoms with Crippen molar-refractivity contribution in [1.82, 2.24) is 4.98 Å². The summed E-state index contributed by atoms with van der Waals surface area (Å²) in [7, 11) is 1.28. The maximum atomic E-state index is 12.8. The summed E-state index contributed by atoms with van der Waals surface area (Å²) in [6.45, 7) is 1.62. The molecule has 0 aliphatic rings. The lowest BCUT2D eigenvalue weighted by Gasteiger charge is -2.06. The van der Waals surface area contributed by atoms with Gasteiger partial charge in [0.25, 0.3) is 5.91 Å². The van der Waals surface area contributed by atoms with Gasteiger partial charge in [-0.05, 0) is 37.3 Å². The van der Waals surface area contributed by atoms with Crippen LogP contribution in [0.15, 0.2) is 46.9 Å². The van der Waals surface area contributed by atoms with Gasteiger partial charge >= 0.3 is 5.97 Å². The Bertz CT molecular complexity index is 1260. The number of aryl methyl sites for hydroxylation is 1. The van der Waals surface area contributed by atoms with E-state index in [0.29, 0.717) is 21.4 Å². The number of aromatic nitrogens is 1. The van der Waals surface area contributed by atoms with Crippen LogP contribution in [-0.4, -0.2) is 24.0 Å². The van der Waals surface area contributed by atoms with Gasteiger partial charge in [-0.2, -0.15) is 0 Å². The third-order valence-corrected chi connectivity index (χ3v) is 6.18. The molecule has 6 nitrogen and oxygen atoms in total. The van der Waals surface area contributed by atoms with Crippen LogP contribution in [0.25, 0.3) is 20.8 Å². The number of halogens is 2. The van der Waals surface area contributed by atoms with Crippen LogP contribution in [0.1, 0.15) is 26.5 Å². The monoisotopic (exact) mass is 460 g/mol. The molecule has 4 aromatic rings. The second kappa shape index (κ2) is 8.10. The molecule has 0 unspecified atom stereocenters. The van der Waals surface area contributed by atoms with Crippen LogP contribution in [0.3, 0.4) is 0 Å². The summed E-state index contributed by atoms with van der Waals surface area (Å²) in [5.74, 6) is -0.648. The fraction of sp³-hybridized carbons (Fsp3) is 0.0952. The molecule has 4 rings (SSSR count). The highest BCUT2D eigenvalue weighted by Gasteiger charge is 2.29. The number of nitrogens with zero attached hydrogens (tertiary/aromatic N) is 1. The largest absolute Gasteiger partial charge is 0.465 e. The third-order valence-electron chi connectivity index (χ3n) is 4.39. The molecule has 2 aromatic carbocycles. The summed E-state index contributed by atoms with van der Waals surface area (Å²) >= 11 is 13.3. The van der Waals surface area contributed by atoms with Gasteiger partial charge < -0.3 is 9.15 Å². The molecule has 0 saturated heterocycles. The molecule has 0 radical (unpaired) electrons. The molecular weight excluding hydrogens is 447 g/mol. The lowest BCUT2D eigenvalue weighted by Crippen LogP contribution is -2.12. The number of carbonyl (C=O) groups excluding carboxylic acids is 2. The minimum absolute atomic E-state index is 0.100. The Morgan fingerprint density at radius 2 is 1.90 bits per heavy atom. The van der Waals surface area contributed by atoms with Crippen molar-refractivity contribution >= 4 is 62.5 Å². The number of para-hydroxylation sites is 1. The Labute approximate surface area is 185 Å². The quantitative estimate of drug-likeness (QED) is 0.366. The first-order valence-corrected chi connectivity index (χ1v) is 10.3. The summed E-state index contributed by atoms with van der Waals surface area (Å²) in [5, 5.41) is 3.82. The van der Waals surface area contributed by atoms with E-state index < -0.39 is 11.9 Å². The number of benzene rings is 2. The maximum Gasteiger partial charge on any atom is 0.342 e. The fourth-order valence-electron chi connectivity index (χ4n) is 2.98. The van der Waals surface area contributed by atoms with E-state index in [4.69, 9.17) is 32.4 Å². The normalized spacial score (nSPS) is 10.9. The lowest BCUT2D eigenvalue weighted by atomic mass is 10.1. The van der Waals surface area contributed by atoms with Crippen molar-refractivity contribution in [2.45, 2.75) is 6.92 Å². The highest BCUT2D eigenvalue weighted by atomic mass is 35.5. The second-order valence-electron chi connectivity index (χ2n) is 6.30. The Morgan fingerprint density at radius 3 is 2.60 bits per heavy atom. The van der Waals surface area contributed by atoms with E-state index in [1.807, 2.05) is 24.3 Å². The van der Waals surface area contributed by atoms with Gasteiger partial charge in [-0.25, -0.2) is 9.78 Å². The average molecular weight is 461 g/mol. The zero-order valence-electron chi connectivity index (χ0n) is 15.8. The molecule has 0 spiro atoms. The van der Waals surface area contributed by atoms with Crippen molar-refractivity contribution in [3.05, 3.63) is 69.4 Å². The van der Waals surface area contributed by atoms with Crippen molar-refractivity contribution in [1.29, 1.82) is 0 Å². The van der Waals surface area contributed by atoms with Crippen LogP contribution in [0.2, 0.25) is 10.0 Å². The molecular formula is C21H14Cl2N2O4S. The average Bonchev–Trinajstić information content (AvgIpc) is 3.29. The van der Waals surface area contributed by atoms with E-state index in [0.717, 1.165) is 10.2 Å². The number of amides is 1. The first-order valence-electron chi connectivity index (χ1n) is 8.73. The molecule has 0 aliphatic carbocycles. The smallest absolute Gasteiger partial charge is 0.342 e. The number of hydrogen-bond donors (Lipinski definition) is 1. The minimum Gasteiger partial charge on any atom is -0.465 e. The molecule has 0 saturated carbocycles. The third kappa shape index (κ3) is 3.67. The van der Waals surface area contributed by atoms with E-state index in [1.165, 1.54) is 36.6 Å². The standard InChI is InChI=1S/C21H14Cl2N2O4S/c1-10-16(21(27)28-2)17(20-24-14-5-3-4-6-15(14)30-20)19(29-10)25-18(26)11-7-8-12(22)13(23)9-11/h3-9H,1-2H3,(H,25,26). The first-order chi connectivity index (χ1) is 14.4. The van der Waals surface area contributed by atoms with Crippen molar-refractivity contribution in [3.8, 4) is 10.6 Å². The number of nitrogens with one attached hydrogen (secondary N) is 1. The lowest BCUT2D eigenvalue weighted by molar-refractivity contribution is 0.0599. The number of anilines is 1. The van der Waals surface area contributed by atoms with Gasteiger partial charge in [-0.15, -0.1) is 11.3 Å². The van der Waals surface area contributed by atoms with E-state index >= 15 is 0 Å². The second-order valence-corrected chi connectivity index (χ2v) is 8.14. The van der Waals surface area contributed by atoms with Gasteiger partial charge in [0.15, 0.2) is 0 Å². The summed E-state index contributed by atoms with van der Waals surface area (Å²) in [4.78, 5) is 29.8. The van der Waals surface area contributed by atoms with Crippen LogP contribution < -0.4 is 5.32 Å². The van der Waals surface area contributed by atoms with Crippen molar-refractivity contribution < 1.29 is 18.7 Å². The van der Waals surface area contributed by atoms with Gasteiger partial charge in [-0.1, -0.05) is 35.3 Å². The van der Waals surface area contributed by atoms with Crippen LogP contribution in [0.5, 0.6) is 0 Å². The minimum atomic E-state index is -0.583. The van der Waals surface area contributed by atoms with Gasteiger partial charge in [-0.3, -0.25) is 10.1 Å². The summed E-state index contributed by atoms with van der Waals surface area (Å²) in [6.07, 6.45) is 0. The van der Waals surface area contributed by atoms with Gasteiger partial charge in [0.1, 0.15) is 16.3 Å². The topological polar surface area (TPSA) is 81.4 Å². The highest BCUT2D eigenvalue weighted by Crippen LogP contribution is 2.40. The molecule has 2 aromatic heterocycles. The van der Waals surface area contributed by atoms with E-state index in [2.05, 4.69) is 10.3 Å². The molecule has 1 N–H and O–H groups in total. The number of fused-ring (bicyclic) bond motifs is 1. The molecule has 0 atom stereocenters. The number of esters is 1. The summed E-state index contributed by atoms with van der Waals surface area (Å²) in [6, 6.07) is 12.1. The molecule has 0 fully saturated rings. The zero-order chi connectivity index (χ0) is 21.4. The molecule has 0 aliphatic heterocycles. The van der Waals surface area contributed by atoms with Gasteiger partial charge in [0, 0.05) is 5.56 Å². The Hall–Kier alpha value is -2.87. The number of ether oxygens (including phenoxy) is 1. The molecule has 1 amide bonds. The summed E-state index contributed by atoms with van der Waals surface area (Å²) < 4.78 is 11.6. The molecule has 2 heterocycles. The molecule has 0 bridgehead atoms. The molecule has 152 valence electrons. The van der Waals surface area contributed by atoms with E-state index in [-0.39, 0.29) is 22.0 Å². The van der Waals surface area contributed by atoms with Crippen molar-refractivity contribution in [2.75, 3.05) is 12.4 Å². The predicted molar refractivity (Wildman–Crippen MR) is 118 cm³/mol. The molecule has 30 heavy (non-hydrogen) atoms. The van der Waals surface area contributed by atoms with Crippen LogP contribution >= 0.6 is 34.5 Å².